The molecule has 4 aromatic heterocycles. The number of aryl methyl sites for hydroxylation is 3. The van der Waals surface area contributed by atoms with Crippen LogP contribution in [0.4, 0.5) is 28.8 Å². The summed E-state index contributed by atoms with van der Waals surface area (Å²) >= 11 is 0. The molecule has 0 amide bonds. The summed E-state index contributed by atoms with van der Waals surface area (Å²) in [7, 11) is 0. The number of carbonyl (C=O) groups is 1. The standard InChI is InChI=1S/C40H38N10O4/c1-27-21-49(44-37(27)42-34-15-9-12-31(18-34)24-48-22-29(3)39(46-48)50(52)53)25-32-13-7-8-14-33(32)26-54-40(51)35-16-17-41-19-36(35)43-38-28(2)20-47(45-38)23-30-10-5-4-6-11-30/h4-22H,23-26H2,1-3H3,(H,42,44)(H,43,45). The van der Waals surface area contributed by atoms with Crippen LogP contribution in [0.3, 0.4) is 0 Å². The van der Waals surface area contributed by atoms with Crippen molar-refractivity contribution in [2.75, 3.05) is 10.6 Å². The van der Waals surface area contributed by atoms with Crippen molar-refractivity contribution in [3.05, 3.63) is 171 Å². The first-order valence-electron chi connectivity index (χ1n) is 17.3. The largest absolute Gasteiger partial charge is 0.457 e. The number of benzene rings is 3. The van der Waals surface area contributed by atoms with Gasteiger partial charge < -0.3 is 25.5 Å². The first-order chi connectivity index (χ1) is 26.2. The molecule has 0 bridgehead atoms. The first kappa shape index (κ1) is 35.3. The van der Waals surface area contributed by atoms with Gasteiger partial charge in [0.25, 0.3) is 0 Å². The number of ether oxygens (including phenoxy) is 1. The summed E-state index contributed by atoms with van der Waals surface area (Å²) in [6, 6.07) is 27.3. The van der Waals surface area contributed by atoms with Crippen LogP contribution in [0.1, 0.15) is 49.3 Å². The van der Waals surface area contributed by atoms with Crippen molar-refractivity contribution in [2.24, 2.45) is 0 Å². The van der Waals surface area contributed by atoms with Gasteiger partial charge in [0.05, 0.1) is 53.9 Å². The minimum Gasteiger partial charge on any atom is -0.457 e. The third kappa shape index (κ3) is 8.34. The second-order valence-corrected chi connectivity index (χ2v) is 13.0. The Morgan fingerprint density at radius 2 is 1.35 bits per heavy atom. The van der Waals surface area contributed by atoms with E-state index in [1.54, 1.807) is 36.3 Å². The molecule has 0 radical (unpaired) electrons. The highest BCUT2D eigenvalue weighted by Gasteiger charge is 2.19. The van der Waals surface area contributed by atoms with Gasteiger partial charge in [0, 0.05) is 35.4 Å². The van der Waals surface area contributed by atoms with Gasteiger partial charge in [-0.05, 0) is 66.1 Å². The molecule has 272 valence electrons. The summed E-state index contributed by atoms with van der Waals surface area (Å²) in [6.45, 7) is 7.15. The molecule has 0 saturated carbocycles. The fraction of sp³-hybridized carbons (Fsp3) is 0.175. The Hall–Kier alpha value is -7.09. The van der Waals surface area contributed by atoms with Gasteiger partial charge in [0.15, 0.2) is 11.6 Å². The lowest BCUT2D eigenvalue weighted by atomic mass is 10.1. The van der Waals surface area contributed by atoms with Gasteiger partial charge in [-0.3, -0.25) is 14.3 Å². The number of esters is 1. The SMILES string of the molecule is Cc1cn(Cc2ccccc2COC(=O)c2ccncc2Nc2nn(Cc3ccccc3)cc2C)nc1Nc1cccc(Cn2cc(C)c([N+](=O)[O-])n2)c1. The van der Waals surface area contributed by atoms with Gasteiger partial charge >= 0.3 is 11.8 Å². The molecule has 0 aliphatic carbocycles. The molecule has 14 heteroatoms. The Balaban J connectivity index is 0.991. The van der Waals surface area contributed by atoms with E-state index in [9.17, 15) is 14.9 Å². The third-order valence-corrected chi connectivity index (χ3v) is 8.81. The van der Waals surface area contributed by atoms with Crippen molar-refractivity contribution in [1.82, 2.24) is 34.3 Å². The molecule has 7 aromatic rings. The molecule has 0 spiro atoms. The van der Waals surface area contributed by atoms with Gasteiger partial charge in [-0.25, -0.2) is 4.79 Å². The zero-order chi connectivity index (χ0) is 37.6. The van der Waals surface area contributed by atoms with E-state index in [0.29, 0.717) is 48.1 Å². The van der Waals surface area contributed by atoms with Crippen molar-refractivity contribution >= 4 is 34.8 Å². The van der Waals surface area contributed by atoms with E-state index in [1.165, 1.54) is 0 Å². The van der Waals surface area contributed by atoms with E-state index < -0.39 is 10.9 Å². The highest BCUT2D eigenvalue weighted by atomic mass is 16.6. The predicted octanol–water partition coefficient (Wildman–Crippen LogP) is 7.49. The number of carbonyl (C=O) groups excluding carboxylic acids is 1. The molecular weight excluding hydrogens is 685 g/mol. The Morgan fingerprint density at radius 3 is 2.09 bits per heavy atom. The topological polar surface area (TPSA) is 160 Å². The van der Waals surface area contributed by atoms with Crippen molar-refractivity contribution in [3.8, 4) is 0 Å². The second-order valence-electron chi connectivity index (χ2n) is 13.0. The summed E-state index contributed by atoms with van der Waals surface area (Å²) in [6.07, 6.45) is 8.74. The van der Waals surface area contributed by atoms with Gasteiger partial charge in [-0.2, -0.15) is 14.9 Å². The highest BCUT2D eigenvalue weighted by molar-refractivity contribution is 5.96. The molecular formula is C40H38N10O4. The molecule has 0 aliphatic rings. The van der Waals surface area contributed by atoms with Crippen LogP contribution in [0.15, 0.2) is 116 Å². The Kier molecular flexibility index (Phi) is 10.2. The summed E-state index contributed by atoms with van der Waals surface area (Å²) < 4.78 is 11.1. The van der Waals surface area contributed by atoms with Gasteiger partial charge in [0.1, 0.15) is 6.61 Å². The summed E-state index contributed by atoms with van der Waals surface area (Å²) in [4.78, 5) is 28.4. The van der Waals surface area contributed by atoms with Gasteiger partial charge in [-0.1, -0.05) is 66.7 Å². The summed E-state index contributed by atoms with van der Waals surface area (Å²) in [5.41, 5.74) is 7.94. The van der Waals surface area contributed by atoms with Crippen molar-refractivity contribution < 1.29 is 14.5 Å². The lowest BCUT2D eigenvalue weighted by Gasteiger charge is -2.13. The molecule has 7 rings (SSSR count). The monoisotopic (exact) mass is 722 g/mol. The van der Waals surface area contributed by atoms with Crippen molar-refractivity contribution in [2.45, 2.75) is 47.0 Å². The minimum atomic E-state index is -0.486. The maximum absolute atomic E-state index is 13.4. The number of hydrogen-bond acceptors (Lipinski definition) is 10. The molecule has 2 N–H and O–H groups in total. The average Bonchev–Trinajstić information content (AvgIpc) is 3.82. The number of nitro groups is 1. The van der Waals surface area contributed by atoms with Crippen LogP contribution in [0.25, 0.3) is 0 Å². The number of anilines is 4. The van der Waals surface area contributed by atoms with Crippen LogP contribution in [-0.4, -0.2) is 45.2 Å². The first-order valence-corrected chi connectivity index (χ1v) is 17.3. The quantitative estimate of drug-likeness (QED) is 0.0654. The second kappa shape index (κ2) is 15.7. The predicted molar refractivity (Wildman–Crippen MR) is 204 cm³/mol. The number of nitrogens with one attached hydrogen (secondary N) is 2. The summed E-state index contributed by atoms with van der Waals surface area (Å²) in [5.74, 6) is 0.697. The van der Waals surface area contributed by atoms with Crippen molar-refractivity contribution in [1.29, 1.82) is 0 Å². The smallest absolute Gasteiger partial charge is 0.392 e. The molecule has 0 unspecified atom stereocenters. The lowest BCUT2D eigenvalue weighted by Crippen LogP contribution is -2.11. The highest BCUT2D eigenvalue weighted by Crippen LogP contribution is 2.25. The van der Waals surface area contributed by atoms with Crippen LogP contribution in [0, 0.1) is 30.9 Å². The zero-order valence-corrected chi connectivity index (χ0v) is 30.0. The Bertz CT molecular complexity index is 2430. The maximum Gasteiger partial charge on any atom is 0.392 e. The Morgan fingerprint density at radius 1 is 0.722 bits per heavy atom. The van der Waals surface area contributed by atoms with E-state index in [4.69, 9.17) is 14.9 Å². The van der Waals surface area contributed by atoms with Crippen LogP contribution in [-0.2, 0) is 31.0 Å². The molecule has 0 aliphatic heterocycles. The van der Waals surface area contributed by atoms with E-state index in [1.807, 2.05) is 102 Å². The summed E-state index contributed by atoms with van der Waals surface area (Å²) in [5, 5.41) is 31.5. The number of hydrogen-bond donors (Lipinski definition) is 2. The van der Waals surface area contributed by atoms with E-state index in [-0.39, 0.29) is 12.4 Å². The van der Waals surface area contributed by atoms with Gasteiger partial charge in [-0.15, -0.1) is 0 Å². The fourth-order valence-electron chi connectivity index (χ4n) is 6.11. The minimum absolute atomic E-state index is 0.0680. The van der Waals surface area contributed by atoms with Crippen LogP contribution in [0.5, 0.6) is 0 Å². The molecule has 4 heterocycles. The van der Waals surface area contributed by atoms with Crippen LogP contribution in [0.2, 0.25) is 0 Å². The number of rotatable bonds is 14. The maximum atomic E-state index is 13.4. The lowest BCUT2D eigenvalue weighted by molar-refractivity contribution is -0.390. The average molecular weight is 723 g/mol. The molecule has 54 heavy (non-hydrogen) atoms. The zero-order valence-electron chi connectivity index (χ0n) is 30.0. The van der Waals surface area contributed by atoms with E-state index in [2.05, 4.69) is 32.8 Å². The normalized spacial score (nSPS) is 11.0. The number of aromatic nitrogens is 7. The third-order valence-electron chi connectivity index (χ3n) is 8.81. The van der Waals surface area contributed by atoms with Crippen LogP contribution >= 0.6 is 0 Å². The Labute approximate surface area is 311 Å². The van der Waals surface area contributed by atoms with E-state index in [0.717, 1.165) is 39.1 Å². The molecule has 0 atom stereocenters. The number of pyridine rings is 1. The molecule has 3 aromatic carbocycles. The molecule has 0 saturated heterocycles. The van der Waals surface area contributed by atoms with Crippen molar-refractivity contribution in [3.63, 3.8) is 0 Å². The number of nitrogens with zero attached hydrogens (tertiary/aromatic N) is 8. The van der Waals surface area contributed by atoms with Gasteiger partial charge in [0.2, 0.25) is 0 Å². The molecule has 0 fully saturated rings. The molecule has 14 nitrogen and oxygen atoms in total. The van der Waals surface area contributed by atoms with Crippen LogP contribution < -0.4 is 10.6 Å². The van der Waals surface area contributed by atoms with E-state index >= 15 is 0 Å². The fourth-order valence-corrected chi connectivity index (χ4v) is 6.11.